The first-order valence-electron chi connectivity index (χ1n) is 9.42. The van der Waals surface area contributed by atoms with Crippen LogP contribution in [-0.2, 0) is 18.3 Å². The number of nitro benzene ring substituents is 1. The lowest BCUT2D eigenvalue weighted by Gasteiger charge is -2.27. The summed E-state index contributed by atoms with van der Waals surface area (Å²) in [7, 11) is 1.80. The number of nitrogens with zero attached hydrogens (tertiary/aromatic N) is 3. The number of aryl methyl sites for hydroxylation is 1. The number of aliphatic carboxylic acids is 1. The lowest BCUT2D eigenvalue weighted by molar-refractivity contribution is -0.384. The molecule has 4 rings (SSSR count). The minimum absolute atomic E-state index is 0.0801. The average Bonchev–Trinajstić information content (AvgIpc) is 3.02. The van der Waals surface area contributed by atoms with Gasteiger partial charge in [-0.1, -0.05) is 42.5 Å². The second-order valence-electron chi connectivity index (χ2n) is 7.25. The lowest BCUT2D eigenvalue weighted by atomic mass is 9.80. The molecule has 1 aromatic heterocycles. The zero-order valence-corrected chi connectivity index (χ0v) is 16.5. The van der Waals surface area contributed by atoms with E-state index in [0.717, 1.165) is 16.8 Å². The predicted molar refractivity (Wildman–Crippen MR) is 111 cm³/mol. The quantitative estimate of drug-likeness (QED) is 0.494. The van der Waals surface area contributed by atoms with Crippen LogP contribution in [0, 0.1) is 10.1 Å². The van der Waals surface area contributed by atoms with Gasteiger partial charge in [-0.05, 0) is 18.1 Å². The SMILES string of the molecule is CC1=C(C(=O)O)C(c2cccc([N+](=O)[O-])c2)c2c(Cc3ccccc3)nn(C)c2N1. The van der Waals surface area contributed by atoms with Gasteiger partial charge in [0.05, 0.1) is 16.2 Å². The van der Waals surface area contributed by atoms with E-state index in [9.17, 15) is 20.0 Å². The third kappa shape index (κ3) is 3.32. The molecule has 0 saturated heterocycles. The van der Waals surface area contributed by atoms with E-state index in [0.29, 0.717) is 23.5 Å². The summed E-state index contributed by atoms with van der Waals surface area (Å²) < 4.78 is 1.69. The van der Waals surface area contributed by atoms with Crippen molar-refractivity contribution in [2.75, 3.05) is 5.32 Å². The number of hydrogen-bond acceptors (Lipinski definition) is 5. The monoisotopic (exact) mass is 404 g/mol. The fourth-order valence-corrected chi connectivity index (χ4v) is 4.01. The molecule has 0 spiro atoms. The first-order valence-corrected chi connectivity index (χ1v) is 9.42. The predicted octanol–water partition coefficient (Wildman–Crippen LogP) is 3.84. The summed E-state index contributed by atoms with van der Waals surface area (Å²) in [5, 5.41) is 29.1. The zero-order chi connectivity index (χ0) is 21.4. The third-order valence-electron chi connectivity index (χ3n) is 5.31. The van der Waals surface area contributed by atoms with Gasteiger partial charge in [-0.25, -0.2) is 4.79 Å². The molecule has 8 heteroatoms. The van der Waals surface area contributed by atoms with Gasteiger partial charge in [-0.3, -0.25) is 14.8 Å². The van der Waals surface area contributed by atoms with Crippen LogP contribution >= 0.6 is 0 Å². The van der Waals surface area contributed by atoms with Crippen molar-refractivity contribution in [3.8, 4) is 0 Å². The molecule has 0 radical (unpaired) electrons. The highest BCUT2D eigenvalue weighted by atomic mass is 16.6. The second kappa shape index (κ2) is 7.47. The Bertz CT molecular complexity index is 1180. The summed E-state index contributed by atoms with van der Waals surface area (Å²) in [4.78, 5) is 23.0. The van der Waals surface area contributed by atoms with Gasteiger partial charge in [0.15, 0.2) is 0 Å². The van der Waals surface area contributed by atoms with Gasteiger partial charge in [-0.15, -0.1) is 0 Å². The maximum atomic E-state index is 12.2. The minimum Gasteiger partial charge on any atom is -0.478 e. The number of aromatic nitrogens is 2. The number of benzene rings is 2. The molecular formula is C22H20N4O4. The summed E-state index contributed by atoms with van der Waals surface area (Å²) in [6.07, 6.45) is 0.517. The Balaban J connectivity index is 1.93. The molecule has 1 aliphatic heterocycles. The maximum Gasteiger partial charge on any atom is 0.334 e. The number of hydrogen-bond donors (Lipinski definition) is 2. The topological polar surface area (TPSA) is 110 Å². The molecule has 0 saturated carbocycles. The van der Waals surface area contributed by atoms with Crippen LogP contribution in [0.2, 0.25) is 0 Å². The number of rotatable bonds is 5. The van der Waals surface area contributed by atoms with Crippen LogP contribution in [0.4, 0.5) is 11.5 Å². The molecular weight excluding hydrogens is 384 g/mol. The fourth-order valence-electron chi connectivity index (χ4n) is 4.01. The number of carbonyl (C=O) groups is 1. The van der Waals surface area contributed by atoms with Gasteiger partial charge < -0.3 is 10.4 Å². The van der Waals surface area contributed by atoms with E-state index in [1.807, 2.05) is 30.3 Å². The number of allylic oxidation sites excluding steroid dienone is 1. The Morgan fingerprint density at radius 2 is 1.97 bits per heavy atom. The minimum atomic E-state index is -1.07. The summed E-state index contributed by atoms with van der Waals surface area (Å²) in [5.74, 6) is -1.05. The zero-order valence-electron chi connectivity index (χ0n) is 16.5. The Labute approximate surface area is 172 Å². The molecule has 152 valence electrons. The summed E-state index contributed by atoms with van der Waals surface area (Å²) in [6, 6.07) is 15.9. The van der Waals surface area contributed by atoms with Crippen LogP contribution in [0.1, 0.15) is 35.2 Å². The first-order chi connectivity index (χ1) is 14.4. The Morgan fingerprint density at radius 3 is 2.63 bits per heavy atom. The third-order valence-corrected chi connectivity index (χ3v) is 5.31. The smallest absolute Gasteiger partial charge is 0.334 e. The number of carboxylic acids is 1. The van der Waals surface area contributed by atoms with Crippen LogP contribution < -0.4 is 5.32 Å². The van der Waals surface area contributed by atoms with Crippen LogP contribution in [0.15, 0.2) is 65.9 Å². The van der Waals surface area contributed by atoms with Crippen molar-refractivity contribution in [2.45, 2.75) is 19.3 Å². The van der Waals surface area contributed by atoms with Crippen molar-refractivity contribution in [3.05, 3.63) is 98.4 Å². The number of fused-ring (bicyclic) bond motifs is 1. The molecule has 30 heavy (non-hydrogen) atoms. The number of nitro groups is 1. The van der Waals surface area contributed by atoms with Crippen LogP contribution in [0.25, 0.3) is 0 Å². The van der Waals surface area contributed by atoms with E-state index in [1.165, 1.54) is 12.1 Å². The van der Waals surface area contributed by atoms with Gasteiger partial charge in [-0.2, -0.15) is 5.10 Å². The van der Waals surface area contributed by atoms with E-state index < -0.39 is 16.8 Å². The molecule has 2 N–H and O–H groups in total. The van der Waals surface area contributed by atoms with Gasteiger partial charge in [0.1, 0.15) is 5.82 Å². The number of non-ortho nitro benzene ring substituents is 1. The van der Waals surface area contributed by atoms with E-state index in [-0.39, 0.29) is 11.3 Å². The molecule has 0 amide bonds. The highest BCUT2D eigenvalue weighted by Gasteiger charge is 2.37. The van der Waals surface area contributed by atoms with Crippen LogP contribution in [0.3, 0.4) is 0 Å². The molecule has 1 unspecified atom stereocenters. The standard InChI is InChI=1S/C22H20N4O4/c1-13-18(22(27)28)19(15-9-6-10-16(12-15)26(29)30)20-17(24-25(2)21(20)23-13)11-14-7-4-3-5-8-14/h3-10,12,19,23H,11H2,1-2H3,(H,27,28). The number of nitrogens with one attached hydrogen (secondary N) is 1. The van der Waals surface area contributed by atoms with E-state index in [4.69, 9.17) is 0 Å². The largest absolute Gasteiger partial charge is 0.478 e. The molecule has 1 atom stereocenters. The number of anilines is 1. The van der Waals surface area contributed by atoms with Crippen molar-refractivity contribution < 1.29 is 14.8 Å². The molecule has 2 aromatic carbocycles. The summed E-state index contributed by atoms with van der Waals surface area (Å²) in [6.45, 7) is 1.70. The van der Waals surface area contributed by atoms with Crippen molar-refractivity contribution in [2.24, 2.45) is 7.05 Å². The Kier molecular flexibility index (Phi) is 4.83. The maximum absolute atomic E-state index is 12.2. The summed E-state index contributed by atoms with van der Waals surface area (Å²) >= 11 is 0. The van der Waals surface area contributed by atoms with Crippen molar-refractivity contribution in [1.82, 2.24) is 9.78 Å². The molecule has 8 nitrogen and oxygen atoms in total. The second-order valence-corrected chi connectivity index (χ2v) is 7.25. The molecule has 0 fully saturated rings. The van der Waals surface area contributed by atoms with Gasteiger partial charge in [0, 0.05) is 42.8 Å². The first kappa shape index (κ1) is 19.4. The van der Waals surface area contributed by atoms with Gasteiger partial charge >= 0.3 is 5.97 Å². The summed E-state index contributed by atoms with van der Waals surface area (Å²) in [5.41, 5.74) is 3.61. The molecule has 3 aromatic rings. The molecule has 1 aliphatic rings. The van der Waals surface area contributed by atoms with Crippen molar-refractivity contribution in [1.29, 1.82) is 0 Å². The van der Waals surface area contributed by atoms with Crippen molar-refractivity contribution in [3.63, 3.8) is 0 Å². The highest BCUT2D eigenvalue weighted by Crippen LogP contribution is 2.44. The number of carboxylic acid groups (broad SMARTS) is 1. The highest BCUT2D eigenvalue weighted by molar-refractivity contribution is 5.93. The normalized spacial score (nSPS) is 15.5. The Morgan fingerprint density at radius 1 is 1.23 bits per heavy atom. The van der Waals surface area contributed by atoms with Crippen LogP contribution in [-0.4, -0.2) is 25.8 Å². The average molecular weight is 404 g/mol. The molecule has 2 heterocycles. The van der Waals surface area contributed by atoms with Crippen molar-refractivity contribution >= 4 is 17.5 Å². The molecule has 0 bridgehead atoms. The van der Waals surface area contributed by atoms with E-state index in [1.54, 1.807) is 30.8 Å². The van der Waals surface area contributed by atoms with E-state index in [2.05, 4.69) is 10.4 Å². The molecule has 0 aliphatic carbocycles. The van der Waals surface area contributed by atoms with Crippen LogP contribution in [0.5, 0.6) is 0 Å². The fraction of sp³-hybridized carbons (Fsp3) is 0.182. The van der Waals surface area contributed by atoms with E-state index >= 15 is 0 Å². The Hall–Kier alpha value is -3.94. The van der Waals surface area contributed by atoms with Gasteiger partial charge in [0.25, 0.3) is 5.69 Å². The van der Waals surface area contributed by atoms with Gasteiger partial charge in [0.2, 0.25) is 0 Å². The lowest BCUT2D eigenvalue weighted by Crippen LogP contribution is -2.24.